The molecule has 16 heavy (non-hydrogen) atoms. The second-order valence-electron chi connectivity index (χ2n) is 4.12. The van der Waals surface area contributed by atoms with Crippen LogP contribution in [-0.4, -0.2) is 11.5 Å². The van der Waals surface area contributed by atoms with Crippen LogP contribution in [0.15, 0.2) is 41.5 Å². The number of hydrogen-bond acceptors (Lipinski definition) is 1. The van der Waals surface area contributed by atoms with Crippen molar-refractivity contribution in [3.8, 4) is 0 Å². The molecule has 0 bridgehead atoms. The van der Waals surface area contributed by atoms with Crippen LogP contribution >= 0.6 is 0 Å². The van der Waals surface area contributed by atoms with E-state index in [0.29, 0.717) is 0 Å². The third-order valence-electron chi connectivity index (χ3n) is 3.29. The van der Waals surface area contributed by atoms with Crippen LogP contribution in [0.2, 0.25) is 0 Å². The minimum absolute atomic E-state index is 0.803. The fourth-order valence-corrected chi connectivity index (χ4v) is 2.60. The Balaban J connectivity index is 2.53. The molecule has 1 aromatic heterocycles. The van der Waals surface area contributed by atoms with E-state index in [4.69, 9.17) is 0 Å². The van der Waals surface area contributed by atoms with Crippen molar-refractivity contribution in [2.45, 2.75) is 0 Å². The summed E-state index contributed by atoms with van der Waals surface area (Å²) in [6.45, 7) is 0.803. The molecule has 0 atom stereocenters. The van der Waals surface area contributed by atoms with Gasteiger partial charge in [0.2, 0.25) is 0 Å². The van der Waals surface area contributed by atoms with Crippen molar-refractivity contribution in [3.63, 3.8) is 0 Å². The van der Waals surface area contributed by atoms with E-state index < -0.39 is 0 Å². The largest absolute Gasteiger partial charge is 0.359 e. The maximum absolute atomic E-state index is 4.56. The van der Waals surface area contributed by atoms with E-state index in [0.717, 1.165) is 11.9 Å². The number of rotatable bonds is 0. The Morgan fingerprint density at radius 3 is 2.81 bits per heavy atom. The molecule has 0 spiro atoms. The molecular formula is C14H10N2. The van der Waals surface area contributed by atoms with Gasteiger partial charge in [-0.3, -0.25) is 4.99 Å². The molecule has 2 heteroatoms. The smallest absolute Gasteiger partial charge is 0.0895 e. The van der Waals surface area contributed by atoms with E-state index in [-0.39, 0.29) is 0 Å². The van der Waals surface area contributed by atoms with Gasteiger partial charge in [-0.2, -0.15) is 0 Å². The van der Waals surface area contributed by atoms with Crippen LogP contribution < -0.4 is 10.6 Å². The summed E-state index contributed by atoms with van der Waals surface area (Å²) < 4.78 is 0. The van der Waals surface area contributed by atoms with Crippen molar-refractivity contribution in [2.75, 3.05) is 6.54 Å². The lowest BCUT2D eigenvalue weighted by atomic mass is 10.0. The Labute approximate surface area is 91.9 Å². The van der Waals surface area contributed by atoms with E-state index in [1.807, 2.05) is 6.20 Å². The summed E-state index contributed by atoms with van der Waals surface area (Å²) in [4.78, 5) is 7.86. The third kappa shape index (κ3) is 0.847. The van der Waals surface area contributed by atoms with Crippen molar-refractivity contribution >= 4 is 27.8 Å². The predicted octanol–water partition coefficient (Wildman–Crippen LogP) is 1.73. The minimum Gasteiger partial charge on any atom is -0.359 e. The maximum atomic E-state index is 4.56. The summed E-state index contributed by atoms with van der Waals surface area (Å²) in [5.41, 5.74) is 1.17. The molecule has 0 saturated heterocycles. The first kappa shape index (κ1) is 8.11. The number of fused-ring (bicyclic) bond motifs is 6. The first-order valence-corrected chi connectivity index (χ1v) is 5.47. The highest BCUT2D eigenvalue weighted by Crippen LogP contribution is 2.19. The Morgan fingerprint density at radius 2 is 1.88 bits per heavy atom. The molecule has 1 aliphatic rings. The molecule has 3 aromatic rings. The van der Waals surface area contributed by atoms with Gasteiger partial charge in [0, 0.05) is 16.8 Å². The van der Waals surface area contributed by atoms with Gasteiger partial charge >= 0.3 is 0 Å². The van der Waals surface area contributed by atoms with E-state index >= 15 is 0 Å². The summed E-state index contributed by atoms with van der Waals surface area (Å²) >= 11 is 0. The molecule has 1 N–H and O–H groups in total. The topological polar surface area (TPSA) is 28.1 Å². The predicted molar refractivity (Wildman–Crippen MR) is 65.9 cm³/mol. The van der Waals surface area contributed by atoms with Gasteiger partial charge in [-0.15, -0.1) is 0 Å². The molecule has 76 valence electrons. The van der Waals surface area contributed by atoms with Crippen molar-refractivity contribution in [2.24, 2.45) is 4.99 Å². The molecule has 4 rings (SSSR count). The second kappa shape index (κ2) is 2.73. The van der Waals surface area contributed by atoms with Gasteiger partial charge in [0.1, 0.15) is 0 Å². The summed E-state index contributed by atoms with van der Waals surface area (Å²) in [5.74, 6) is 0. The lowest BCUT2D eigenvalue weighted by molar-refractivity contribution is 1.23. The average Bonchev–Trinajstić information content (AvgIpc) is 2.98. The fraction of sp³-hybridized carbons (Fsp3) is 0.0714. The van der Waals surface area contributed by atoms with E-state index in [1.54, 1.807) is 0 Å². The lowest BCUT2D eigenvalue weighted by Crippen LogP contribution is -2.23. The van der Waals surface area contributed by atoms with Crippen LogP contribution in [0.25, 0.3) is 27.8 Å². The number of benzene rings is 2. The summed E-state index contributed by atoms with van der Waals surface area (Å²) in [5, 5.41) is 6.30. The van der Waals surface area contributed by atoms with Crippen molar-refractivity contribution in [1.82, 2.24) is 4.98 Å². The molecule has 0 aliphatic carbocycles. The molecule has 0 fully saturated rings. The fourth-order valence-electron chi connectivity index (χ4n) is 2.60. The zero-order valence-electron chi connectivity index (χ0n) is 8.70. The molecule has 0 amide bonds. The van der Waals surface area contributed by atoms with Gasteiger partial charge in [-0.25, -0.2) is 0 Å². The van der Waals surface area contributed by atoms with Gasteiger partial charge in [0.05, 0.1) is 17.4 Å². The SMILES string of the molecule is C1=c2c(c3[nH]ccc3c3ccccc23)=NC1. The molecular weight excluding hydrogens is 196 g/mol. The number of aromatic nitrogens is 1. The molecule has 1 aliphatic heterocycles. The Morgan fingerprint density at radius 1 is 1.00 bits per heavy atom. The highest BCUT2D eigenvalue weighted by molar-refractivity contribution is 6.06. The van der Waals surface area contributed by atoms with Crippen LogP contribution in [-0.2, 0) is 0 Å². The van der Waals surface area contributed by atoms with E-state index in [9.17, 15) is 0 Å². The van der Waals surface area contributed by atoms with Crippen LogP contribution in [0.4, 0.5) is 0 Å². The summed E-state index contributed by atoms with van der Waals surface area (Å²) in [6, 6.07) is 10.7. The van der Waals surface area contributed by atoms with Gasteiger partial charge in [-0.1, -0.05) is 30.3 Å². The van der Waals surface area contributed by atoms with Crippen molar-refractivity contribution < 1.29 is 0 Å². The van der Waals surface area contributed by atoms with Gasteiger partial charge in [0.25, 0.3) is 0 Å². The molecule has 2 aromatic carbocycles. The normalized spacial score (nSPS) is 13.8. The number of nitrogens with one attached hydrogen (secondary N) is 1. The monoisotopic (exact) mass is 206 g/mol. The van der Waals surface area contributed by atoms with Crippen LogP contribution in [0.5, 0.6) is 0 Å². The number of hydrogen-bond donors (Lipinski definition) is 1. The van der Waals surface area contributed by atoms with Gasteiger partial charge in [0.15, 0.2) is 0 Å². The van der Waals surface area contributed by atoms with E-state index in [1.165, 1.54) is 26.9 Å². The average molecular weight is 206 g/mol. The lowest BCUT2D eigenvalue weighted by Gasteiger charge is -2.00. The Kier molecular flexibility index (Phi) is 1.38. The van der Waals surface area contributed by atoms with E-state index in [2.05, 4.69) is 46.4 Å². The summed E-state index contributed by atoms with van der Waals surface area (Å²) in [7, 11) is 0. The van der Waals surface area contributed by atoms with Crippen molar-refractivity contribution in [3.05, 3.63) is 47.1 Å². The Bertz CT molecular complexity index is 825. The first-order chi connectivity index (χ1) is 7.95. The second-order valence-corrected chi connectivity index (χ2v) is 4.12. The molecule has 0 saturated carbocycles. The number of H-pyrrole nitrogens is 1. The summed E-state index contributed by atoms with van der Waals surface area (Å²) in [6.07, 6.45) is 4.20. The molecule has 0 radical (unpaired) electrons. The zero-order valence-corrected chi connectivity index (χ0v) is 8.70. The zero-order chi connectivity index (χ0) is 10.5. The number of aromatic amines is 1. The molecule has 0 unspecified atom stereocenters. The minimum atomic E-state index is 0.803. The first-order valence-electron chi connectivity index (χ1n) is 5.47. The molecule has 2 heterocycles. The Hall–Kier alpha value is -2.09. The van der Waals surface area contributed by atoms with Crippen LogP contribution in [0, 0.1) is 0 Å². The van der Waals surface area contributed by atoms with Crippen molar-refractivity contribution in [1.29, 1.82) is 0 Å². The van der Waals surface area contributed by atoms with Gasteiger partial charge < -0.3 is 4.98 Å². The maximum Gasteiger partial charge on any atom is 0.0895 e. The number of nitrogens with zero attached hydrogens (tertiary/aromatic N) is 1. The standard InChI is InChI=1S/C14H10N2/c1-2-4-10-9(3-1)11-5-7-15-13(11)14-12(10)6-8-16-14/h1-7,15H,8H2. The van der Waals surface area contributed by atoms with Crippen LogP contribution in [0.1, 0.15) is 0 Å². The molecule has 2 nitrogen and oxygen atoms in total. The quantitative estimate of drug-likeness (QED) is 0.580. The van der Waals surface area contributed by atoms with Crippen LogP contribution in [0.3, 0.4) is 0 Å². The van der Waals surface area contributed by atoms with Gasteiger partial charge in [-0.05, 0) is 16.8 Å². The highest BCUT2D eigenvalue weighted by Gasteiger charge is 2.08. The third-order valence-corrected chi connectivity index (χ3v) is 3.29. The highest BCUT2D eigenvalue weighted by atomic mass is 14.8.